The van der Waals surface area contributed by atoms with Crippen molar-refractivity contribution in [3.63, 3.8) is 0 Å². The molecule has 3 aromatic heterocycles. The summed E-state index contributed by atoms with van der Waals surface area (Å²) < 4.78 is 8.74. The summed E-state index contributed by atoms with van der Waals surface area (Å²) in [4.78, 5) is 10.7. The Hall–Kier alpha value is -6.26. The highest BCUT2D eigenvalue weighted by Crippen LogP contribution is 2.43. The first-order valence-electron chi connectivity index (χ1n) is 15.5. The summed E-state index contributed by atoms with van der Waals surface area (Å²) in [5.74, 6) is 0.646. The minimum Gasteiger partial charge on any atom is -0.455 e. The first-order chi connectivity index (χ1) is 22.8. The Kier molecular flexibility index (Phi) is 5.25. The van der Waals surface area contributed by atoms with Gasteiger partial charge in [0.1, 0.15) is 11.2 Å². The summed E-state index contributed by atoms with van der Waals surface area (Å²) in [5, 5.41) is 7.83. The molecular weight excluding hydrogens is 562 g/mol. The molecule has 10 rings (SSSR count). The lowest BCUT2D eigenvalue weighted by molar-refractivity contribution is 0.670. The van der Waals surface area contributed by atoms with Gasteiger partial charge in [0.05, 0.1) is 22.2 Å². The van der Waals surface area contributed by atoms with Crippen molar-refractivity contribution in [3.8, 4) is 28.3 Å². The third-order valence-corrected chi connectivity index (χ3v) is 9.22. The molecule has 0 radical (unpaired) electrons. The molecule has 214 valence electrons. The highest BCUT2D eigenvalue weighted by atomic mass is 16.3. The van der Waals surface area contributed by atoms with Gasteiger partial charge in [-0.1, -0.05) is 127 Å². The number of rotatable bonds is 3. The molecule has 0 amide bonds. The van der Waals surface area contributed by atoms with Crippen LogP contribution in [0.4, 0.5) is 0 Å². The van der Waals surface area contributed by atoms with Crippen molar-refractivity contribution in [1.82, 2.24) is 14.5 Å². The standard InChI is InChI=1S/C42H25N3O/c1-2-13-27(14-3-1)39-34-25-24-26-12-4-5-15-28(26)40(34)44-42(43-39)45-35-21-8-6-17-33(35)38-30(18-11-22-36(38)45)32-20-10-19-31-29-16-7-9-23-37(29)46-41(31)32/h1-25H. The monoisotopic (exact) mass is 587 g/mol. The van der Waals surface area contributed by atoms with Gasteiger partial charge in [0.25, 0.3) is 0 Å². The van der Waals surface area contributed by atoms with E-state index in [0.29, 0.717) is 5.95 Å². The predicted molar refractivity (Wildman–Crippen MR) is 190 cm³/mol. The average Bonchev–Trinajstić information content (AvgIpc) is 3.68. The summed E-state index contributed by atoms with van der Waals surface area (Å²) in [5.41, 5.74) is 8.99. The van der Waals surface area contributed by atoms with E-state index in [1.807, 2.05) is 18.2 Å². The fraction of sp³-hybridized carbons (Fsp3) is 0. The topological polar surface area (TPSA) is 43.9 Å². The molecule has 46 heavy (non-hydrogen) atoms. The smallest absolute Gasteiger partial charge is 0.235 e. The molecule has 0 unspecified atom stereocenters. The largest absolute Gasteiger partial charge is 0.455 e. The number of hydrogen-bond acceptors (Lipinski definition) is 3. The van der Waals surface area contributed by atoms with Gasteiger partial charge in [-0.05, 0) is 35.2 Å². The van der Waals surface area contributed by atoms with Crippen LogP contribution in [0.15, 0.2) is 156 Å². The Morgan fingerprint density at radius 2 is 1.15 bits per heavy atom. The zero-order chi connectivity index (χ0) is 30.2. The van der Waals surface area contributed by atoms with Gasteiger partial charge in [0.15, 0.2) is 0 Å². The van der Waals surface area contributed by atoms with E-state index in [4.69, 9.17) is 14.4 Å². The minimum atomic E-state index is 0.646. The Morgan fingerprint density at radius 3 is 2.07 bits per heavy atom. The molecule has 0 aliphatic heterocycles. The van der Waals surface area contributed by atoms with Crippen molar-refractivity contribution in [3.05, 3.63) is 152 Å². The highest BCUT2D eigenvalue weighted by molar-refractivity contribution is 6.19. The molecule has 3 heterocycles. The normalized spacial score (nSPS) is 11.9. The van der Waals surface area contributed by atoms with E-state index in [-0.39, 0.29) is 0 Å². The Balaban J connectivity index is 1.33. The maximum Gasteiger partial charge on any atom is 0.235 e. The van der Waals surface area contributed by atoms with Crippen LogP contribution in [-0.2, 0) is 0 Å². The van der Waals surface area contributed by atoms with E-state index in [2.05, 4.69) is 138 Å². The van der Waals surface area contributed by atoms with Crippen molar-refractivity contribution in [2.45, 2.75) is 0 Å². The molecule has 0 saturated heterocycles. The van der Waals surface area contributed by atoms with Crippen LogP contribution in [0.2, 0.25) is 0 Å². The molecule has 7 aromatic carbocycles. The lowest BCUT2D eigenvalue weighted by atomic mass is 9.97. The summed E-state index contributed by atoms with van der Waals surface area (Å²) in [6.45, 7) is 0. The number of furan rings is 1. The second-order valence-electron chi connectivity index (χ2n) is 11.8. The molecule has 0 atom stereocenters. The third-order valence-electron chi connectivity index (χ3n) is 9.22. The van der Waals surface area contributed by atoms with Crippen LogP contribution in [0, 0.1) is 0 Å². The Labute approximate surface area is 263 Å². The summed E-state index contributed by atoms with van der Waals surface area (Å²) in [7, 11) is 0. The van der Waals surface area contributed by atoms with Crippen molar-refractivity contribution in [2.75, 3.05) is 0 Å². The Bertz CT molecular complexity index is 2810. The summed E-state index contributed by atoms with van der Waals surface area (Å²) in [6, 6.07) is 52.9. The highest BCUT2D eigenvalue weighted by Gasteiger charge is 2.21. The summed E-state index contributed by atoms with van der Waals surface area (Å²) in [6.07, 6.45) is 0. The predicted octanol–water partition coefficient (Wildman–Crippen LogP) is 11.1. The second-order valence-corrected chi connectivity index (χ2v) is 11.8. The molecular formula is C42H25N3O. The fourth-order valence-corrected chi connectivity index (χ4v) is 7.19. The minimum absolute atomic E-state index is 0.646. The first-order valence-corrected chi connectivity index (χ1v) is 15.5. The van der Waals surface area contributed by atoms with Crippen molar-refractivity contribution >= 4 is 65.4 Å². The number of hydrogen-bond donors (Lipinski definition) is 0. The molecule has 0 N–H and O–H groups in total. The van der Waals surface area contributed by atoms with E-state index in [9.17, 15) is 0 Å². The van der Waals surface area contributed by atoms with Gasteiger partial charge < -0.3 is 4.42 Å². The van der Waals surface area contributed by atoms with Crippen LogP contribution in [0.25, 0.3) is 93.8 Å². The molecule has 0 spiro atoms. The lowest BCUT2D eigenvalue weighted by Crippen LogP contribution is -2.03. The Morgan fingerprint density at radius 1 is 0.457 bits per heavy atom. The number of fused-ring (bicyclic) bond motifs is 9. The van der Waals surface area contributed by atoms with E-state index in [0.717, 1.165) is 87.8 Å². The number of benzene rings is 7. The van der Waals surface area contributed by atoms with Crippen LogP contribution < -0.4 is 0 Å². The molecule has 0 saturated carbocycles. The van der Waals surface area contributed by atoms with E-state index in [1.165, 1.54) is 0 Å². The molecule has 0 aliphatic carbocycles. The van der Waals surface area contributed by atoms with Gasteiger partial charge in [-0.25, -0.2) is 9.97 Å². The maximum absolute atomic E-state index is 6.51. The van der Waals surface area contributed by atoms with E-state index in [1.54, 1.807) is 0 Å². The van der Waals surface area contributed by atoms with Crippen molar-refractivity contribution in [1.29, 1.82) is 0 Å². The van der Waals surface area contributed by atoms with Gasteiger partial charge in [0.2, 0.25) is 5.95 Å². The first kappa shape index (κ1) is 25.1. The zero-order valence-electron chi connectivity index (χ0n) is 24.7. The van der Waals surface area contributed by atoms with Crippen LogP contribution in [0.1, 0.15) is 0 Å². The second kappa shape index (κ2) is 9.62. The SMILES string of the molecule is c1ccc(-c2nc(-n3c4ccccc4c4c(-c5cccc6c5oc5ccccc56)cccc43)nc3c2ccc2ccccc23)cc1. The van der Waals surface area contributed by atoms with Gasteiger partial charge in [0, 0.05) is 43.4 Å². The van der Waals surface area contributed by atoms with Gasteiger partial charge in [-0.2, -0.15) is 0 Å². The molecule has 4 nitrogen and oxygen atoms in total. The zero-order valence-corrected chi connectivity index (χ0v) is 24.7. The summed E-state index contributed by atoms with van der Waals surface area (Å²) >= 11 is 0. The molecule has 0 fully saturated rings. The third kappa shape index (κ3) is 3.55. The number of nitrogens with zero attached hydrogens (tertiary/aromatic N) is 3. The van der Waals surface area contributed by atoms with Crippen LogP contribution in [0.5, 0.6) is 0 Å². The molecule has 4 heteroatoms. The van der Waals surface area contributed by atoms with Crippen molar-refractivity contribution in [2.24, 2.45) is 0 Å². The lowest BCUT2D eigenvalue weighted by Gasteiger charge is -2.13. The van der Waals surface area contributed by atoms with Crippen LogP contribution in [0.3, 0.4) is 0 Å². The molecule has 0 aliphatic rings. The van der Waals surface area contributed by atoms with E-state index >= 15 is 0 Å². The van der Waals surface area contributed by atoms with Crippen molar-refractivity contribution < 1.29 is 4.42 Å². The number of para-hydroxylation sites is 3. The molecule has 0 bridgehead atoms. The fourth-order valence-electron chi connectivity index (χ4n) is 7.19. The van der Waals surface area contributed by atoms with Gasteiger partial charge in [-0.15, -0.1) is 0 Å². The van der Waals surface area contributed by atoms with E-state index < -0.39 is 0 Å². The van der Waals surface area contributed by atoms with Gasteiger partial charge >= 0.3 is 0 Å². The number of aromatic nitrogens is 3. The van der Waals surface area contributed by atoms with Crippen LogP contribution in [-0.4, -0.2) is 14.5 Å². The quantitative estimate of drug-likeness (QED) is 0.193. The van der Waals surface area contributed by atoms with Gasteiger partial charge in [-0.3, -0.25) is 4.57 Å². The molecule has 10 aromatic rings. The maximum atomic E-state index is 6.51. The average molecular weight is 588 g/mol. The van der Waals surface area contributed by atoms with Crippen LogP contribution >= 0.6 is 0 Å².